The quantitative estimate of drug-likeness (QED) is 0.385. The molecule has 37 heavy (non-hydrogen) atoms. The lowest BCUT2D eigenvalue weighted by Gasteiger charge is -2.38. The van der Waals surface area contributed by atoms with Crippen LogP contribution in [0, 0.1) is 6.92 Å². The predicted octanol–water partition coefficient (Wildman–Crippen LogP) is 2.41. The molecule has 0 aromatic carbocycles. The van der Waals surface area contributed by atoms with Gasteiger partial charge in [0.05, 0.1) is 13.2 Å². The third kappa shape index (κ3) is 5.73. The van der Waals surface area contributed by atoms with E-state index >= 15 is 0 Å². The van der Waals surface area contributed by atoms with Crippen LogP contribution in [0.5, 0.6) is 0 Å². The van der Waals surface area contributed by atoms with Crippen molar-refractivity contribution >= 4 is 41.6 Å². The summed E-state index contributed by atoms with van der Waals surface area (Å²) in [6.45, 7) is 10.6. The molecule has 14 heteroatoms. The highest BCUT2D eigenvalue weighted by atomic mass is 32.2. The van der Waals surface area contributed by atoms with Crippen molar-refractivity contribution in [2.24, 2.45) is 0 Å². The molecule has 13 nitrogen and oxygen atoms in total. The number of amides is 6. The molecule has 3 rings (SSSR count). The van der Waals surface area contributed by atoms with Gasteiger partial charge in [-0.05, 0) is 34.6 Å². The smallest absolute Gasteiger partial charge is 0.407 e. The molecule has 1 atom stereocenters. The Labute approximate surface area is 220 Å². The van der Waals surface area contributed by atoms with Gasteiger partial charge in [-0.3, -0.25) is 19.9 Å². The van der Waals surface area contributed by atoms with Crippen LogP contribution in [0.2, 0.25) is 0 Å². The highest BCUT2D eigenvalue weighted by Crippen LogP contribution is 2.51. The number of anilines is 1. The lowest BCUT2D eigenvalue weighted by molar-refractivity contribution is -0.134. The van der Waals surface area contributed by atoms with Gasteiger partial charge in [0.1, 0.15) is 11.6 Å². The van der Waals surface area contributed by atoms with Crippen molar-refractivity contribution in [1.82, 2.24) is 35.3 Å². The Morgan fingerprint density at radius 2 is 1.84 bits per heavy atom. The molecule has 202 valence electrons. The summed E-state index contributed by atoms with van der Waals surface area (Å²) in [6, 6.07) is -0.785. The average Bonchev–Trinajstić information content (AvgIpc) is 3.29. The van der Waals surface area contributed by atoms with Crippen molar-refractivity contribution in [3.8, 4) is 0 Å². The summed E-state index contributed by atoms with van der Waals surface area (Å²) in [5, 5.41) is 7.99. The summed E-state index contributed by atoms with van der Waals surface area (Å²) < 4.78 is 5.22. The molecule has 1 fully saturated rings. The zero-order valence-electron chi connectivity index (χ0n) is 21.8. The minimum atomic E-state index is -1.35. The summed E-state index contributed by atoms with van der Waals surface area (Å²) in [5.41, 5.74) is 0.569. The van der Waals surface area contributed by atoms with E-state index in [-0.39, 0.29) is 31.6 Å². The molecule has 3 N–H and O–H groups in total. The molecule has 3 heterocycles. The summed E-state index contributed by atoms with van der Waals surface area (Å²) in [6.07, 6.45) is 3.24. The van der Waals surface area contributed by atoms with Crippen LogP contribution in [0.15, 0.2) is 17.3 Å². The molecule has 6 amide bonds. The largest absolute Gasteiger partial charge is 0.449 e. The molecule has 1 spiro atoms. The standard InChI is InChI=1S/C23H34N8O5S/c1-6-24-20(33)28-18-16(12-26-15(5)27-18)13-29-14-17(10-11-36-21(34)25-7-2)37-23(29)19(32)30(8-3)22(35)31(23)9-4/h12,14H,6-11,13H2,1-5H3,(H,25,34)(H2,24,26,27,28,33). The number of urea groups is 2. The first-order chi connectivity index (χ1) is 17.7. The topological polar surface area (TPSA) is 149 Å². The highest BCUT2D eigenvalue weighted by Gasteiger charge is 2.62. The molecular formula is C23H34N8O5S. The third-order valence-corrected chi connectivity index (χ3v) is 7.23. The number of aryl methyl sites for hydroxylation is 1. The van der Waals surface area contributed by atoms with E-state index in [1.54, 1.807) is 45.0 Å². The molecule has 2 aliphatic heterocycles. The lowest BCUT2D eigenvalue weighted by atomic mass is 10.2. The van der Waals surface area contributed by atoms with Gasteiger partial charge in [0, 0.05) is 55.5 Å². The number of carbonyl (C=O) groups is 4. The van der Waals surface area contributed by atoms with Crippen molar-refractivity contribution in [2.75, 3.05) is 38.1 Å². The zero-order valence-corrected chi connectivity index (χ0v) is 22.6. The number of carbonyl (C=O) groups excluding carboxylic acids is 4. The van der Waals surface area contributed by atoms with Crippen LogP contribution in [0.4, 0.5) is 20.2 Å². The summed E-state index contributed by atoms with van der Waals surface area (Å²) in [4.78, 5) is 63.4. The van der Waals surface area contributed by atoms with Crippen LogP contribution in [-0.4, -0.2) is 86.5 Å². The number of rotatable bonds is 10. The number of likely N-dealkylation sites (N-methyl/N-ethyl adjacent to an activating group) is 2. The number of nitrogens with one attached hydrogen (secondary N) is 3. The number of nitrogens with zero attached hydrogens (tertiary/aromatic N) is 5. The molecule has 1 aromatic heterocycles. The second-order valence-electron chi connectivity index (χ2n) is 8.20. The predicted molar refractivity (Wildman–Crippen MR) is 138 cm³/mol. The summed E-state index contributed by atoms with van der Waals surface area (Å²) in [7, 11) is 0. The van der Waals surface area contributed by atoms with E-state index in [0.29, 0.717) is 43.3 Å². The maximum Gasteiger partial charge on any atom is 0.407 e. The van der Waals surface area contributed by atoms with Crippen LogP contribution < -0.4 is 16.0 Å². The van der Waals surface area contributed by atoms with Gasteiger partial charge in [-0.25, -0.2) is 24.4 Å². The first kappa shape index (κ1) is 28.0. The van der Waals surface area contributed by atoms with Crippen LogP contribution in [-0.2, 0) is 16.1 Å². The van der Waals surface area contributed by atoms with Crippen molar-refractivity contribution in [1.29, 1.82) is 0 Å². The van der Waals surface area contributed by atoms with E-state index in [9.17, 15) is 19.2 Å². The monoisotopic (exact) mass is 534 g/mol. The average molecular weight is 535 g/mol. The van der Waals surface area contributed by atoms with Gasteiger partial charge in [-0.2, -0.15) is 0 Å². The van der Waals surface area contributed by atoms with E-state index in [2.05, 4.69) is 25.9 Å². The second kappa shape index (κ2) is 12.1. The van der Waals surface area contributed by atoms with Gasteiger partial charge in [0.2, 0.25) is 0 Å². The van der Waals surface area contributed by atoms with Gasteiger partial charge in [0.15, 0.2) is 0 Å². The number of imide groups is 1. The molecule has 1 aromatic rings. The summed E-state index contributed by atoms with van der Waals surface area (Å²) in [5.74, 6) is 0.431. The Hall–Kier alpha value is -3.55. The van der Waals surface area contributed by atoms with Crippen molar-refractivity contribution in [2.45, 2.75) is 52.6 Å². The number of alkyl carbamates (subject to hydrolysis) is 1. The fourth-order valence-corrected chi connectivity index (χ4v) is 5.59. The van der Waals surface area contributed by atoms with Gasteiger partial charge in [0.25, 0.3) is 10.9 Å². The van der Waals surface area contributed by atoms with Crippen LogP contribution in [0.3, 0.4) is 0 Å². The fraction of sp³-hybridized carbons (Fsp3) is 0.565. The van der Waals surface area contributed by atoms with E-state index < -0.39 is 17.1 Å². The van der Waals surface area contributed by atoms with Gasteiger partial charge in [-0.1, -0.05) is 11.8 Å². The normalized spacial score (nSPS) is 18.9. The maximum atomic E-state index is 13.7. The maximum absolute atomic E-state index is 13.7. The minimum Gasteiger partial charge on any atom is -0.449 e. The SMILES string of the molecule is CCNC(=O)Nc1nc(C)ncc1CN1C=C(CCOC(=O)NCC)SC12C(=O)N(CC)C(=O)N2CC. The van der Waals surface area contributed by atoms with Crippen molar-refractivity contribution in [3.63, 3.8) is 0 Å². The molecule has 1 unspecified atom stereocenters. The van der Waals surface area contributed by atoms with E-state index in [1.165, 1.54) is 21.6 Å². The van der Waals surface area contributed by atoms with E-state index in [1.807, 2.05) is 6.92 Å². The first-order valence-corrected chi connectivity index (χ1v) is 13.1. The van der Waals surface area contributed by atoms with Crippen LogP contribution in [0.1, 0.15) is 45.5 Å². The van der Waals surface area contributed by atoms with Crippen LogP contribution in [0.25, 0.3) is 0 Å². The fourth-order valence-electron chi connectivity index (χ4n) is 4.11. The first-order valence-electron chi connectivity index (χ1n) is 12.3. The second-order valence-corrected chi connectivity index (χ2v) is 9.50. The van der Waals surface area contributed by atoms with Crippen molar-refractivity contribution in [3.05, 3.63) is 28.7 Å². The molecule has 0 radical (unpaired) electrons. The Kier molecular flexibility index (Phi) is 9.18. The number of ether oxygens (including phenoxy) is 1. The zero-order chi connectivity index (χ0) is 27.2. The third-order valence-electron chi connectivity index (χ3n) is 5.74. The minimum absolute atomic E-state index is 0.109. The highest BCUT2D eigenvalue weighted by molar-refractivity contribution is 8.05. The molecule has 1 saturated heterocycles. The van der Waals surface area contributed by atoms with Gasteiger partial charge >= 0.3 is 18.2 Å². The van der Waals surface area contributed by atoms with E-state index in [4.69, 9.17) is 4.74 Å². The summed E-state index contributed by atoms with van der Waals surface area (Å²) >= 11 is 1.26. The Morgan fingerprint density at radius 1 is 1.11 bits per heavy atom. The molecule has 0 saturated carbocycles. The Balaban J connectivity index is 1.95. The van der Waals surface area contributed by atoms with E-state index in [0.717, 1.165) is 4.91 Å². The molecule has 0 bridgehead atoms. The lowest BCUT2D eigenvalue weighted by Crippen LogP contribution is -2.55. The number of aromatic nitrogens is 2. The van der Waals surface area contributed by atoms with Gasteiger partial charge in [-0.15, -0.1) is 0 Å². The van der Waals surface area contributed by atoms with Crippen molar-refractivity contribution < 1.29 is 23.9 Å². The number of hydrogen-bond donors (Lipinski definition) is 3. The number of hydrogen-bond acceptors (Lipinski definition) is 9. The Bertz CT molecular complexity index is 1080. The molecule has 2 aliphatic rings. The molecule has 0 aliphatic carbocycles. The van der Waals surface area contributed by atoms with Crippen LogP contribution >= 0.6 is 11.8 Å². The Morgan fingerprint density at radius 3 is 2.49 bits per heavy atom. The number of thioether (sulfide) groups is 1. The molecular weight excluding hydrogens is 500 g/mol. The van der Waals surface area contributed by atoms with Gasteiger partial charge < -0.3 is 20.3 Å².